The molecule has 0 aliphatic heterocycles. The number of carbonyl (C=O) groups excluding carboxylic acids is 1. The molecule has 0 saturated heterocycles. The smallest absolute Gasteiger partial charge is 0.169 e. The number of pyridine rings is 1. The van der Waals surface area contributed by atoms with Gasteiger partial charge in [-0.3, -0.25) is 14.5 Å². The van der Waals surface area contributed by atoms with E-state index < -0.39 is 0 Å². The molecule has 0 N–H and O–H groups in total. The third-order valence-electron chi connectivity index (χ3n) is 2.94. The number of aryl methyl sites for hydroxylation is 1. The highest BCUT2D eigenvalue weighted by atomic mass is 16.1. The Morgan fingerprint density at radius 1 is 1.26 bits per heavy atom. The average molecular weight is 252 g/mol. The molecular weight excluding hydrogens is 240 g/mol. The minimum Gasteiger partial charge on any atom is -0.294 e. The maximum atomic E-state index is 12.3. The van der Waals surface area contributed by atoms with Crippen molar-refractivity contribution in [1.82, 2.24) is 20.0 Å². The van der Waals surface area contributed by atoms with Crippen LogP contribution in [-0.4, -0.2) is 25.8 Å². The van der Waals surface area contributed by atoms with Crippen LogP contribution in [0.2, 0.25) is 0 Å². The average Bonchev–Trinajstić information content (AvgIpc) is 2.83. The van der Waals surface area contributed by atoms with Gasteiger partial charge in [-0.25, -0.2) is 0 Å². The molecule has 5 nitrogen and oxygen atoms in total. The summed E-state index contributed by atoms with van der Waals surface area (Å²) in [6.07, 6.45) is 3.72. The predicted molar refractivity (Wildman–Crippen MR) is 70.8 cm³/mol. The van der Waals surface area contributed by atoms with Gasteiger partial charge in [0.1, 0.15) is 0 Å². The van der Waals surface area contributed by atoms with E-state index in [0.717, 1.165) is 10.9 Å². The second-order valence-corrected chi connectivity index (χ2v) is 4.36. The van der Waals surface area contributed by atoms with E-state index in [1.807, 2.05) is 30.3 Å². The Balaban J connectivity index is 1.97. The molecule has 0 aliphatic rings. The molecular formula is C14H12N4O. The van der Waals surface area contributed by atoms with Crippen LogP contribution in [0.1, 0.15) is 16.1 Å². The lowest BCUT2D eigenvalue weighted by atomic mass is 10.0. The normalized spacial score (nSPS) is 10.8. The zero-order valence-electron chi connectivity index (χ0n) is 10.4. The number of carbonyl (C=O) groups is 1. The van der Waals surface area contributed by atoms with E-state index in [4.69, 9.17) is 0 Å². The summed E-state index contributed by atoms with van der Waals surface area (Å²) in [6, 6.07) is 9.31. The van der Waals surface area contributed by atoms with E-state index in [-0.39, 0.29) is 12.2 Å². The molecule has 0 aliphatic carbocycles. The topological polar surface area (TPSA) is 60.7 Å². The Bertz CT molecular complexity index is 743. The fourth-order valence-electron chi connectivity index (χ4n) is 2.08. The van der Waals surface area contributed by atoms with Gasteiger partial charge in [-0.2, -0.15) is 0 Å². The number of rotatable bonds is 3. The highest BCUT2D eigenvalue weighted by Gasteiger charge is 2.12. The van der Waals surface area contributed by atoms with E-state index in [1.54, 1.807) is 24.1 Å². The number of ketones is 1. The molecule has 2 aromatic heterocycles. The molecule has 19 heavy (non-hydrogen) atoms. The maximum absolute atomic E-state index is 12.3. The number of fused-ring (bicyclic) bond motifs is 1. The molecule has 0 unspecified atom stereocenters. The van der Waals surface area contributed by atoms with E-state index in [9.17, 15) is 4.79 Å². The standard InChI is InChI=1S/C14H12N4O/c1-18-9-10(16-17-18)8-14(19)12-4-2-6-13-11(12)5-3-7-15-13/h2-7,9H,8H2,1H3. The summed E-state index contributed by atoms with van der Waals surface area (Å²) < 4.78 is 1.59. The van der Waals surface area contributed by atoms with Crippen molar-refractivity contribution in [2.24, 2.45) is 7.05 Å². The summed E-state index contributed by atoms with van der Waals surface area (Å²) in [5.41, 5.74) is 2.18. The number of aromatic nitrogens is 4. The van der Waals surface area contributed by atoms with Gasteiger partial charge in [0.05, 0.1) is 17.6 Å². The fourth-order valence-corrected chi connectivity index (χ4v) is 2.08. The van der Waals surface area contributed by atoms with Crippen LogP contribution in [0.4, 0.5) is 0 Å². The third kappa shape index (κ3) is 2.22. The van der Waals surface area contributed by atoms with E-state index >= 15 is 0 Å². The Morgan fingerprint density at radius 3 is 2.95 bits per heavy atom. The molecule has 3 rings (SSSR count). The van der Waals surface area contributed by atoms with Gasteiger partial charge in [-0.05, 0) is 12.1 Å². The largest absolute Gasteiger partial charge is 0.294 e. The van der Waals surface area contributed by atoms with Crippen LogP contribution in [0.3, 0.4) is 0 Å². The Morgan fingerprint density at radius 2 is 2.16 bits per heavy atom. The van der Waals surface area contributed by atoms with Crippen molar-refractivity contribution >= 4 is 16.7 Å². The van der Waals surface area contributed by atoms with E-state index in [1.165, 1.54) is 0 Å². The molecule has 0 amide bonds. The third-order valence-corrected chi connectivity index (χ3v) is 2.94. The molecule has 0 radical (unpaired) electrons. The van der Waals surface area contributed by atoms with Crippen LogP contribution in [-0.2, 0) is 13.5 Å². The molecule has 1 aromatic carbocycles. The molecule has 0 saturated carbocycles. The van der Waals surface area contributed by atoms with Crippen LogP contribution < -0.4 is 0 Å². The fraction of sp³-hybridized carbons (Fsp3) is 0.143. The molecule has 0 fully saturated rings. The molecule has 0 spiro atoms. The van der Waals surface area contributed by atoms with Crippen molar-refractivity contribution in [2.75, 3.05) is 0 Å². The summed E-state index contributed by atoms with van der Waals surface area (Å²) in [7, 11) is 1.78. The number of hydrogen-bond acceptors (Lipinski definition) is 4. The lowest BCUT2D eigenvalue weighted by Crippen LogP contribution is -2.05. The monoisotopic (exact) mass is 252 g/mol. The lowest BCUT2D eigenvalue weighted by molar-refractivity contribution is 0.0993. The first-order valence-corrected chi connectivity index (χ1v) is 5.96. The predicted octanol–water partition coefficient (Wildman–Crippen LogP) is 1.79. The molecule has 0 bridgehead atoms. The van der Waals surface area contributed by atoms with Gasteiger partial charge in [0, 0.05) is 30.4 Å². The van der Waals surface area contributed by atoms with E-state index in [0.29, 0.717) is 11.3 Å². The van der Waals surface area contributed by atoms with Crippen molar-refractivity contribution in [3.63, 3.8) is 0 Å². The van der Waals surface area contributed by atoms with Gasteiger partial charge in [-0.1, -0.05) is 23.4 Å². The summed E-state index contributed by atoms with van der Waals surface area (Å²) >= 11 is 0. The lowest BCUT2D eigenvalue weighted by Gasteiger charge is -2.03. The summed E-state index contributed by atoms with van der Waals surface area (Å²) in [5, 5.41) is 8.64. The first kappa shape index (κ1) is 11.5. The number of hydrogen-bond donors (Lipinski definition) is 0. The zero-order chi connectivity index (χ0) is 13.2. The van der Waals surface area contributed by atoms with E-state index in [2.05, 4.69) is 15.3 Å². The molecule has 94 valence electrons. The van der Waals surface area contributed by atoms with Crippen LogP contribution >= 0.6 is 0 Å². The first-order chi connectivity index (χ1) is 9.24. The highest BCUT2D eigenvalue weighted by molar-refractivity contribution is 6.07. The second kappa shape index (κ2) is 4.61. The molecule has 0 atom stereocenters. The molecule has 2 heterocycles. The van der Waals surface area contributed by atoms with Crippen LogP contribution in [0.15, 0.2) is 42.7 Å². The Hall–Kier alpha value is -2.56. The van der Waals surface area contributed by atoms with Crippen molar-refractivity contribution in [1.29, 1.82) is 0 Å². The first-order valence-electron chi connectivity index (χ1n) is 5.96. The Labute approximate surface area is 109 Å². The number of nitrogens with zero attached hydrogens (tertiary/aromatic N) is 4. The molecule has 3 aromatic rings. The quantitative estimate of drug-likeness (QED) is 0.667. The second-order valence-electron chi connectivity index (χ2n) is 4.36. The minimum atomic E-state index is 0.0269. The number of Topliss-reactive ketones (excluding diaryl/α,β-unsaturated/α-hetero) is 1. The van der Waals surface area contributed by atoms with Crippen molar-refractivity contribution in [2.45, 2.75) is 6.42 Å². The van der Waals surface area contributed by atoms with Gasteiger partial charge in [-0.15, -0.1) is 5.10 Å². The molecule has 5 heteroatoms. The Kier molecular flexibility index (Phi) is 2.79. The van der Waals surface area contributed by atoms with Gasteiger partial charge in [0.25, 0.3) is 0 Å². The summed E-state index contributed by atoms with van der Waals surface area (Å²) in [5.74, 6) is 0.0269. The van der Waals surface area contributed by atoms with Gasteiger partial charge >= 0.3 is 0 Å². The minimum absolute atomic E-state index is 0.0269. The van der Waals surface area contributed by atoms with Crippen LogP contribution in [0.5, 0.6) is 0 Å². The zero-order valence-corrected chi connectivity index (χ0v) is 10.4. The van der Waals surface area contributed by atoms with Gasteiger partial charge in [0.2, 0.25) is 0 Å². The van der Waals surface area contributed by atoms with Crippen LogP contribution in [0.25, 0.3) is 10.9 Å². The summed E-state index contributed by atoms with van der Waals surface area (Å²) in [4.78, 5) is 16.6. The van der Waals surface area contributed by atoms with Crippen molar-refractivity contribution < 1.29 is 4.79 Å². The van der Waals surface area contributed by atoms with Crippen molar-refractivity contribution in [3.05, 3.63) is 54.0 Å². The highest BCUT2D eigenvalue weighted by Crippen LogP contribution is 2.18. The van der Waals surface area contributed by atoms with Gasteiger partial charge < -0.3 is 0 Å². The number of benzene rings is 1. The maximum Gasteiger partial charge on any atom is 0.169 e. The van der Waals surface area contributed by atoms with Crippen LogP contribution in [0, 0.1) is 0 Å². The SMILES string of the molecule is Cn1cc(CC(=O)c2cccc3ncccc23)nn1. The van der Waals surface area contributed by atoms with Gasteiger partial charge in [0.15, 0.2) is 5.78 Å². The van der Waals surface area contributed by atoms with Crippen molar-refractivity contribution in [3.8, 4) is 0 Å². The summed E-state index contributed by atoms with van der Waals surface area (Å²) in [6.45, 7) is 0.